The maximum atomic E-state index is 6.25. The van der Waals surface area contributed by atoms with Gasteiger partial charge in [0.2, 0.25) is 0 Å². The van der Waals surface area contributed by atoms with Crippen molar-refractivity contribution in [2.45, 2.75) is 32.6 Å². The van der Waals surface area contributed by atoms with Crippen LogP contribution in [0.15, 0.2) is 12.1 Å². The van der Waals surface area contributed by atoms with Crippen LogP contribution < -0.4 is 14.8 Å². The van der Waals surface area contributed by atoms with Gasteiger partial charge in [-0.1, -0.05) is 24.9 Å². The molecule has 0 aliphatic heterocycles. The van der Waals surface area contributed by atoms with E-state index < -0.39 is 0 Å². The van der Waals surface area contributed by atoms with Gasteiger partial charge in [-0.25, -0.2) is 0 Å². The summed E-state index contributed by atoms with van der Waals surface area (Å²) in [6, 6.07) is 3.81. The normalized spacial score (nSPS) is 10.5. The predicted molar refractivity (Wildman–Crippen MR) is 80.7 cm³/mol. The molecule has 19 heavy (non-hydrogen) atoms. The Morgan fingerprint density at radius 2 is 1.74 bits per heavy atom. The minimum absolute atomic E-state index is 0.684. The Bertz CT molecular complexity index is 383. The first-order chi connectivity index (χ1) is 9.22. The second kappa shape index (κ2) is 9.05. The van der Waals surface area contributed by atoms with E-state index in [9.17, 15) is 0 Å². The molecule has 0 unspecified atom stereocenters. The highest BCUT2D eigenvalue weighted by Crippen LogP contribution is 2.33. The Labute approximate surface area is 121 Å². The molecular formula is C15H24ClNO2. The Balaban J connectivity index is 2.49. The summed E-state index contributed by atoms with van der Waals surface area (Å²) >= 11 is 6.25. The number of aryl methyl sites for hydroxylation is 1. The third-order valence-corrected chi connectivity index (χ3v) is 3.45. The first-order valence-electron chi connectivity index (χ1n) is 6.84. The van der Waals surface area contributed by atoms with Crippen LogP contribution in [-0.4, -0.2) is 27.3 Å². The van der Waals surface area contributed by atoms with Crippen molar-refractivity contribution in [3.05, 3.63) is 22.7 Å². The summed E-state index contributed by atoms with van der Waals surface area (Å²) in [6.07, 6.45) is 4.53. The van der Waals surface area contributed by atoms with Crippen molar-refractivity contribution >= 4 is 11.6 Å². The van der Waals surface area contributed by atoms with Crippen molar-refractivity contribution in [3.63, 3.8) is 0 Å². The smallest absolute Gasteiger partial charge is 0.162 e. The fourth-order valence-corrected chi connectivity index (χ4v) is 2.26. The van der Waals surface area contributed by atoms with Crippen molar-refractivity contribution in [3.8, 4) is 11.5 Å². The number of halogens is 1. The maximum Gasteiger partial charge on any atom is 0.162 e. The molecule has 1 rings (SSSR count). The van der Waals surface area contributed by atoms with Gasteiger partial charge in [0.05, 0.1) is 14.2 Å². The molecule has 1 aromatic rings. The SMILES string of the molecule is CCNCCCCCc1cc(OC)c(OC)cc1Cl. The molecule has 0 aromatic heterocycles. The number of hydrogen-bond acceptors (Lipinski definition) is 3. The summed E-state index contributed by atoms with van der Waals surface area (Å²) in [5.74, 6) is 1.43. The van der Waals surface area contributed by atoms with Crippen LogP contribution in [0.3, 0.4) is 0 Å². The average Bonchev–Trinajstić information content (AvgIpc) is 2.43. The van der Waals surface area contributed by atoms with Gasteiger partial charge in [0, 0.05) is 11.1 Å². The summed E-state index contributed by atoms with van der Waals surface area (Å²) in [4.78, 5) is 0. The fraction of sp³-hybridized carbons (Fsp3) is 0.600. The van der Waals surface area contributed by atoms with Crippen molar-refractivity contribution in [1.29, 1.82) is 0 Å². The number of nitrogens with one attached hydrogen (secondary N) is 1. The van der Waals surface area contributed by atoms with E-state index in [2.05, 4.69) is 12.2 Å². The first-order valence-corrected chi connectivity index (χ1v) is 7.21. The van der Waals surface area contributed by atoms with Gasteiger partial charge in [0.15, 0.2) is 11.5 Å². The van der Waals surface area contributed by atoms with Gasteiger partial charge in [-0.2, -0.15) is 0 Å². The van der Waals surface area contributed by atoms with Crippen LogP contribution in [0.5, 0.6) is 11.5 Å². The summed E-state index contributed by atoms with van der Waals surface area (Å²) in [7, 11) is 3.26. The Morgan fingerprint density at radius 3 is 2.37 bits per heavy atom. The van der Waals surface area contributed by atoms with Crippen molar-refractivity contribution in [1.82, 2.24) is 5.32 Å². The molecule has 0 saturated heterocycles. The van der Waals surface area contributed by atoms with Gasteiger partial charge in [0.25, 0.3) is 0 Å². The van der Waals surface area contributed by atoms with E-state index in [1.165, 1.54) is 12.8 Å². The quantitative estimate of drug-likeness (QED) is 0.702. The van der Waals surface area contributed by atoms with E-state index >= 15 is 0 Å². The number of ether oxygens (including phenoxy) is 2. The molecule has 0 aliphatic carbocycles. The summed E-state index contributed by atoms with van der Waals surface area (Å²) in [6.45, 7) is 4.26. The minimum Gasteiger partial charge on any atom is -0.493 e. The van der Waals surface area contributed by atoms with Gasteiger partial charge in [-0.3, -0.25) is 0 Å². The molecule has 0 atom stereocenters. The molecule has 0 radical (unpaired) electrons. The Hall–Kier alpha value is -0.930. The number of hydrogen-bond donors (Lipinski definition) is 1. The number of methoxy groups -OCH3 is 2. The zero-order valence-corrected chi connectivity index (χ0v) is 12.8. The summed E-state index contributed by atoms with van der Waals surface area (Å²) < 4.78 is 10.5. The topological polar surface area (TPSA) is 30.5 Å². The molecule has 0 aliphatic rings. The lowest BCUT2D eigenvalue weighted by Crippen LogP contribution is -2.13. The van der Waals surface area contributed by atoms with Crippen molar-refractivity contribution in [2.75, 3.05) is 27.3 Å². The van der Waals surface area contributed by atoms with Gasteiger partial charge in [-0.05, 0) is 44.0 Å². The van der Waals surface area contributed by atoms with E-state index in [0.29, 0.717) is 5.75 Å². The molecule has 1 N–H and O–H groups in total. The second-order valence-corrected chi connectivity index (χ2v) is 4.87. The van der Waals surface area contributed by atoms with Crippen molar-refractivity contribution < 1.29 is 9.47 Å². The molecule has 0 amide bonds. The van der Waals surface area contributed by atoms with Crippen LogP contribution in [0.1, 0.15) is 31.7 Å². The van der Waals surface area contributed by atoms with E-state index in [4.69, 9.17) is 21.1 Å². The van der Waals surface area contributed by atoms with Gasteiger partial charge < -0.3 is 14.8 Å². The molecule has 1 aromatic carbocycles. The van der Waals surface area contributed by atoms with Gasteiger partial charge >= 0.3 is 0 Å². The lowest BCUT2D eigenvalue weighted by atomic mass is 10.1. The van der Waals surface area contributed by atoms with Crippen LogP contribution in [0, 0.1) is 0 Å². The fourth-order valence-electron chi connectivity index (χ4n) is 2.01. The minimum atomic E-state index is 0.684. The van der Waals surface area contributed by atoms with Gasteiger partial charge in [-0.15, -0.1) is 0 Å². The van der Waals surface area contributed by atoms with E-state index in [1.54, 1.807) is 14.2 Å². The molecule has 0 fully saturated rings. The maximum absolute atomic E-state index is 6.25. The predicted octanol–water partition coefficient (Wildman–Crippen LogP) is 3.68. The van der Waals surface area contributed by atoms with Crippen LogP contribution in [0.25, 0.3) is 0 Å². The summed E-state index contributed by atoms with van der Waals surface area (Å²) in [5, 5.41) is 4.08. The van der Waals surface area contributed by atoms with Crippen LogP contribution in [-0.2, 0) is 6.42 Å². The highest BCUT2D eigenvalue weighted by Gasteiger charge is 2.09. The summed E-state index contributed by atoms with van der Waals surface area (Å²) in [5.41, 5.74) is 1.13. The zero-order valence-electron chi connectivity index (χ0n) is 12.1. The standard InChI is InChI=1S/C15H24ClNO2/c1-4-17-9-7-5-6-8-12-10-14(18-2)15(19-3)11-13(12)16/h10-11,17H,4-9H2,1-3H3. The van der Waals surface area contributed by atoms with Gasteiger partial charge in [0.1, 0.15) is 0 Å². The third-order valence-electron chi connectivity index (χ3n) is 3.10. The zero-order chi connectivity index (χ0) is 14.1. The van der Waals surface area contributed by atoms with Crippen LogP contribution in [0.2, 0.25) is 5.02 Å². The highest BCUT2D eigenvalue weighted by molar-refractivity contribution is 6.31. The molecule has 0 bridgehead atoms. The lowest BCUT2D eigenvalue weighted by molar-refractivity contribution is 0.354. The monoisotopic (exact) mass is 285 g/mol. The largest absolute Gasteiger partial charge is 0.493 e. The van der Waals surface area contributed by atoms with Crippen molar-refractivity contribution in [2.24, 2.45) is 0 Å². The van der Waals surface area contributed by atoms with Crippen LogP contribution in [0.4, 0.5) is 0 Å². The highest BCUT2D eigenvalue weighted by atomic mass is 35.5. The Morgan fingerprint density at radius 1 is 1.05 bits per heavy atom. The number of rotatable bonds is 9. The van der Waals surface area contributed by atoms with Crippen LogP contribution >= 0.6 is 11.6 Å². The average molecular weight is 286 g/mol. The van der Waals surface area contributed by atoms with E-state index in [1.807, 2.05) is 12.1 Å². The van der Waals surface area contributed by atoms with E-state index in [0.717, 1.165) is 42.3 Å². The molecular weight excluding hydrogens is 262 g/mol. The molecule has 0 spiro atoms. The number of unbranched alkanes of at least 4 members (excludes halogenated alkanes) is 2. The first kappa shape index (κ1) is 16.1. The molecule has 0 saturated carbocycles. The van der Waals surface area contributed by atoms with E-state index in [-0.39, 0.29) is 0 Å². The Kier molecular flexibility index (Phi) is 7.68. The number of benzene rings is 1. The molecule has 0 heterocycles. The molecule has 3 nitrogen and oxygen atoms in total. The lowest BCUT2D eigenvalue weighted by Gasteiger charge is -2.11. The molecule has 108 valence electrons. The third kappa shape index (κ3) is 5.29. The second-order valence-electron chi connectivity index (χ2n) is 4.46. The molecule has 4 heteroatoms.